The third-order valence-corrected chi connectivity index (χ3v) is 3.76. The number of nitrogens with zero attached hydrogens (tertiary/aromatic N) is 2. The Morgan fingerprint density at radius 2 is 1.74 bits per heavy atom. The van der Waals surface area contributed by atoms with Crippen molar-refractivity contribution in [1.82, 2.24) is 4.98 Å². The highest BCUT2D eigenvalue weighted by molar-refractivity contribution is 6.30. The minimum absolute atomic E-state index is 0.0732. The molecular weight excluding hydrogens is 287 g/mol. The first-order valence-electron chi connectivity index (χ1n) is 5.55. The number of hydrogen-bond acceptors (Lipinski definition) is 4. The number of aromatic nitrogens is 1. The van der Waals surface area contributed by atoms with Crippen LogP contribution in [0.2, 0.25) is 0 Å². The first kappa shape index (κ1) is 14.1. The van der Waals surface area contributed by atoms with Crippen LogP contribution < -0.4 is 5.23 Å². The van der Waals surface area contributed by atoms with Gasteiger partial charge in [0.1, 0.15) is 0 Å². The second kappa shape index (κ2) is 6.21. The van der Waals surface area contributed by atoms with Crippen LogP contribution in [0.25, 0.3) is 0 Å². The lowest BCUT2D eigenvalue weighted by Crippen LogP contribution is -2.12. The summed E-state index contributed by atoms with van der Waals surface area (Å²) in [5.41, 5.74) is 1.13. The Balaban J connectivity index is 2.32. The summed E-state index contributed by atoms with van der Waals surface area (Å²) in [6.45, 7) is 0. The fourth-order valence-corrected chi connectivity index (χ4v) is 2.32. The Labute approximate surface area is 120 Å². The van der Waals surface area contributed by atoms with Crippen molar-refractivity contribution < 1.29 is 5.21 Å². The van der Waals surface area contributed by atoms with Crippen LogP contribution in [0.15, 0.2) is 48.7 Å². The van der Waals surface area contributed by atoms with Gasteiger partial charge in [0.2, 0.25) is 0 Å². The average Bonchev–Trinajstić information content (AvgIpc) is 2.46. The normalized spacial score (nSPS) is 13.9. The highest BCUT2D eigenvalue weighted by Crippen LogP contribution is 2.41. The number of para-hydroxylation sites is 1. The van der Waals surface area contributed by atoms with Crippen LogP contribution in [0.3, 0.4) is 0 Å². The van der Waals surface area contributed by atoms with Crippen molar-refractivity contribution in [2.45, 2.75) is 10.8 Å². The second-order valence-corrected chi connectivity index (χ2v) is 4.83. The van der Waals surface area contributed by atoms with Crippen LogP contribution in [0, 0.1) is 5.21 Å². The van der Waals surface area contributed by atoms with Gasteiger partial charge in [0.05, 0.1) is 22.1 Å². The van der Waals surface area contributed by atoms with E-state index in [0.717, 1.165) is 0 Å². The molecule has 1 aromatic carbocycles. The van der Waals surface area contributed by atoms with Crippen molar-refractivity contribution in [3.8, 4) is 0 Å². The van der Waals surface area contributed by atoms with Crippen molar-refractivity contribution in [2.75, 3.05) is 5.23 Å². The van der Waals surface area contributed by atoms with E-state index in [-0.39, 0.29) is 10.9 Å². The molecule has 100 valence electrons. The van der Waals surface area contributed by atoms with Gasteiger partial charge in [0.15, 0.2) is 0 Å². The molecule has 0 radical (unpaired) electrons. The molecule has 2 aromatic rings. The van der Waals surface area contributed by atoms with E-state index in [4.69, 9.17) is 28.4 Å². The molecule has 2 atom stereocenters. The van der Waals surface area contributed by atoms with Crippen LogP contribution in [0.1, 0.15) is 22.0 Å². The molecule has 0 bridgehead atoms. The molecule has 0 aliphatic heterocycles. The van der Waals surface area contributed by atoms with E-state index in [2.05, 4.69) is 4.98 Å². The monoisotopic (exact) mass is 297 g/mol. The minimum Gasteiger partial charge on any atom is -0.733 e. The molecule has 19 heavy (non-hydrogen) atoms. The number of alkyl halides is 2. The fraction of sp³-hybridized carbons (Fsp3) is 0.154. The largest absolute Gasteiger partial charge is 0.733 e. The van der Waals surface area contributed by atoms with Gasteiger partial charge in [-0.3, -0.25) is 10.2 Å². The Morgan fingerprint density at radius 1 is 1.05 bits per heavy atom. The van der Waals surface area contributed by atoms with Crippen LogP contribution in [-0.2, 0) is 0 Å². The molecule has 0 amide bonds. The highest BCUT2D eigenvalue weighted by Gasteiger charge is 2.24. The topological polar surface area (TPSA) is 59.4 Å². The van der Waals surface area contributed by atoms with Gasteiger partial charge in [-0.05, 0) is 23.8 Å². The van der Waals surface area contributed by atoms with Gasteiger partial charge in [-0.2, -0.15) is 0 Å². The van der Waals surface area contributed by atoms with E-state index >= 15 is 0 Å². The zero-order valence-electron chi connectivity index (χ0n) is 9.78. The van der Waals surface area contributed by atoms with Gasteiger partial charge in [-0.25, -0.2) is 0 Å². The van der Waals surface area contributed by atoms with Crippen molar-refractivity contribution in [3.63, 3.8) is 0 Å². The first-order chi connectivity index (χ1) is 9.11. The lowest BCUT2D eigenvalue weighted by molar-refractivity contribution is 0.295. The Bertz CT molecular complexity index is 537. The van der Waals surface area contributed by atoms with Crippen molar-refractivity contribution in [2.24, 2.45) is 0 Å². The second-order valence-electron chi connectivity index (χ2n) is 3.89. The number of hydrogen-bond donors (Lipinski definition) is 1. The summed E-state index contributed by atoms with van der Waals surface area (Å²) < 4.78 is 0. The van der Waals surface area contributed by atoms with Crippen molar-refractivity contribution in [1.29, 1.82) is 0 Å². The number of halogens is 2. The summed E-state index contributed by atoms with van der Waals surface area (Å²) in [5.74, 6) is 0. The molecule has 1 N–H and O–H groups in total. The summed E-state index contributed by atoms with van der Waals surface area (Å²) in [6.07, 6.45) is 1.62. The van der Waals surface area contributed by atoms with Gasteiger partial charge in [-0.15, -0.1) is 23.2 Å². The molecule has 0 aliphatic carbocycles. The van der Waals surface area contributed by atoms with Crippen molar-refractivity contribution >= 4 is 28.9 Å². The SMILES string of the molecule is [O-]N(O)c1ccccc1[C@@H](Cl)[C@@H](Cl)c1ccccn1. The van der Waals surface area contributed by atoms with E-state index in [0.29, 0.717) is 11.3 Å². The van der Waals surface area contributed by atoms with E-state index in [1.807, 2.05) is 0 Å². The summed E-state index contributed by atoms with van der Waals surface area (Å²) in [6, 6.07) is 11.8. The molecule has 0 saturated carbocycles. The zero-order chi connectivity index (χ0) is 13.8. The number of pyridine rings is 1. The van der Waals surface area contributed by atoms with Gasteiger partial charge in [0.25, 0.3) is 0 Å². The molecule has 1 aromatic heterocycles. The smallest absolute Gasteiger partial charge is 0.0962 e. The summed E-state index contributed by atoms with van der Waals surface area (Å²) in [4.78, 5) is 4.13. The minimum atomic E-state index is -0.684. The number of rotatable bonds is 4. The molecule has 0 saturated heterocycles. The van der Waals surface area contributed by atoms with Gasteiger partial charge in [-0.1, -0.05) is 24.3 Å². The molecule has 0 unspecified atom stereocenters. The number of benzene rings is 1. The first-order valence-corrected chi connectivity index (χ1v) is 6.42. The van der Waals surface area contributed by atoms with E-state index in [9.17, 15) is 5.21 Å². The lowest BCUT2D eigenvalue weighted by Gasteiger charge is -2.27. The van der Waals surface area contributed by atoms with Crippen LogP contribution in [0.4, 0.5) is 5.69 Å². The third kappa shape index (κ3) is 3.16. The highest BCUT2D eigenvalue weighted by atomic mass is 35.5. The van der Waals surface area contributed by atoms with Crippen molar-refractivity contribution in [3.05, 3.63) is 65.1 Å². The molecule has 1 heterocycles. The molecule has 0 spiro atoms. The van der Waals surface area contributed by atoms with Crippen LogP contribution >= 0.6 is 23.2 Å². The Morgan fingerprint density at radius 3 is 2.37 bits per heavy atom. The quantitative estimate of drug-likeness (QED) is 0.683. The van der Waals surface area contributed by atoms with E-state index in [1.54, 1.807) is 42.6 Å². The fourth-order valence-electron chi connectivity index (χ4n) is 1.74. The molecule has 0 fully saturated rings. The predicted molar refractivity (Wildman–Crippen MR) is 75.5 cm³/mol. The molecule has 2 rings (SSSR count). The maximum Gasteiger partial charge on any atom is 0.0962 e. The predicted octanol–water partition coefficient (Wildman–Crippen LogP) is 4.04. The Hall–Kier alpha value is -1.33. The summed E-state index contributed by atoms with van der Waals surface area (Å²) in [7, 11) is 0. The molecular formula is C13H11Cl2N2O2-. The van der Waals surface area contributed by atoms with Crippen LogP contribution in [0.5, 0.6) is 0 Å². The maximum atomic E-state index is 11.1. The van der Waals surface area contributed by atoms with E-state index < -0.39 is 10.8 Å². The molecule has 0 aliphatic rings. The third-order valence-electron chi connectivity index (χ3n) is 2.67. The van der Waals surface area contributed by atoms with E-state index in [1.165, 1.54) is 6.07 Å². The van der Waals surface area contributed by atoms with Gasteiger partial charge in [0, 0.05) is 6.20 Å². The Kier molecular flexibility index (Phi) is 4.61. The zero-order valence-corrected chi connectivity index (χ0v) is 11.3. The number of anilines is 1. The standard InChI is InChI=1S/C13H11Cl2N2O2/c14-12(13(15)10-6-3-4-8-16-10)9-5-1-2-7-11(9)17(18)19/h1-8,12-13,18H/q-1/t12-,13+/m1/s1. The van der Waals surface area contributed by atoms with Gasteiger partial charge < -0.3 is 10.4 Å². The lowest BCUT2D eigenvalue weighted by atomic mass is 10.0. The molecule has 6 heteroatoms. The average molecular weight is 298 g/mol. The summed E-state index contributed by atoms with van der Waals surface area (Å²) in [5, 5.41) is 18.6. The summed E-state index contributed by atoms with van der Waals surface area (Å²) >= 11 is 12.6. The van der Waals surface area contributed by atoms with Crippen LogP contribution in [-0.4, -0.2) is 10.2 Å². The van der Waals surface area contributed by atoms with Gasteiger partial charge >= 0.3 is 0 Å². The molecule has 4 nitrogen and oxygen atoms in total. The maximum absolute atomic E-state index is 11.1.